The third kappa shape index (κ3) is 3.78. The molecule has 0 radical (unpaired) electrons. The molecule has 6 heteroatoms. The van der Waals surface area contributed by atoms with E-state index < -0.39 is 0 Å². The van der Waals surface area contributed by atoms with Crippen LogP contribution in [0.4, 0.5) is 5.82 Å². The molecule has 0 saturated carbocycles. The molecule has 2 aromatic rings. The molecule has 2 aliphatic heterocycles. The number of benzene rings is 1. The number of hydrogen-bond acceptors (Lipinski definition) is 4. The number of rotatable bonds is 3. The van der Waals surface area contributed by atoms with Crippen LogP contribution in [-0.4, -0.2) is 42.6 Å². The number of fused-ring (bicyclic) bond motifs is 1. The Kier molecular flexibility index (Phi) is 5.48. The van der Waals surface area contributed by atoms with E-state index in [2.05, 4.69) is 36.7 Å². The number of nitrogens with one attached hydrogen (secondary N) is 1. The molecule has 6 nitrogen and oxygen atoms in total. The third-order valence-corrected chi connectivity index (χ3v) is 6.12. The van der Waals surface area contributed by atoms with E-state index in [1.54, 1.807) is 0 Å². The second-order valence-corrected chi connectivity index (χ2v) is 8.62. The molecule has 2 aliphatic rings. The van der Waals surface area contributed by atoms with E-state index in [4.69, 9.17) is 4.74 Å². The van der Waals surface area contributed by atoms with Gasteiger partial charge in [0.2, 0.25) is 0 Å². The average Bonchev–Trinajstić information content (AvgIpc) is 2.77. The first-order chi connectivity index (χ1) is 14.4. The summed E-state index contributed by atoms with van der Waals surface area (Å²) in [5, 5.41) is 10.0. The summed E-state index contributed by atoms with van der Waals surface area (Å²) in [6.45, 7) is 9.49. The minimum Gasteiger partial charge on any atom is -0.370 e. The molecule has 1 N–H and O–H groups in total. The van der Waals surface area contributed by atoms with E-state index in [9.17, 15) is 10.1 Å². The fourth-order valence-electron chi connectivity index (χ4n) is 4.43. The van der Waals surface area contributed by atoms with Crippen molar-refractivity contribution in [2.75, 3.05) is 31.1 Å². The lowest BCUT2D eigenvalue weighted by atomic mass is 9.87. The summed E-state index contributed by atoms with van der Waals surface area (Å²) in [4.78, 5) is 20.4. The molecular formula is C24H29N4O2+. The van der Waals surface area contributed by atoms with E-state index >= 15 is 0 Å². The zero-order valence-corrected chi connectivity index (χ0v) is 18.0. The number of anilines is 1. The quantitative estimate of drug-likeness (QED) is 0.787. The number of H-pyrrole nitrogens is 1. The molecule has 1 fully saturated rings. The Balaban J connectivity index is 1.60. The summed E-state index contributed by atoms with van der Waals surface area (Å²) in [7, 11) is 0. The summed E-state index contributed by atoms with van der Waals surface area (Å²) in [6.07, 6.45) is 1.59. The topological polar surface area (TPSA) is 70.7 Å². The van der Waals surface area contributed by atoms with Gasteiger partial charge in [0.05, 0.1) is 25.3 Å². The molecule has 0 atom stereocenters. The second-order valence-electron chi connectivity index (χ2n) is 8.62. The number of amides is 1. The highest BCUT2D eigenvalue weighted by Gasteiger charge is 2.36. The average molecular weight is 406 g/mol. The van der Waals surface area contributed by atoms with E-state index in [1.165, 1.54) is 0 Å². The number of nitriles is 1. The summed E-state index contributed by atoms with van der Waals surface area (Å²) >= 11 is 0. The number of aryl methyl sites for hydroxylation is 1. The molecule has 1 amide bonds. The monoisotopic (exact) mass is 405 g/mol. The Labute approximate surface area is 178 Å². The van der Waals surface area contributed by atoms with Crippen LogP contribution in [0.5, 0.6) is 0 Å². The summed E-state index contributed by atoms with van der Waals surface area (Å²) in [6, 6.07) is 11.9. The number of aromatic amines is 1. The number of piperazine rings is 1. The molecule has 4 rings (SSSR count). The van der Waals surface area contributed by atoms with Gasteiger partial charge in [-0.05, 0) is 31.5 Å². The van der Waals surface area contributed by atoms with Crippen LogP contribution in [0, 0.1) is 11.3 Å². The Morgan fingerprint density at radius 2 is 1.87 bits per heavy atom. The molecule has 0 spiro atoms. The molecule has 0 unspecified atom stereocenters. The molecule has 0 bridgehead atoms. The van der Waals surface area contributed by atoms with Crippen LogP contribution < -0.4 is 9.88 Å². The molecule has 1 aromatic heterocycles. The Morgan fingerprint density at radius 1 is 1.17 bits per heavy atom. The number of nitrogens with zero attached hydrogens (tertiary/aromatic N) is 3. The number of pyridine rings is 1. The van der Waals surface area contributed by atoms with Gasteiger partial charge in [-0.1, -0.05) is 25.1 Å². The van der Waals surface area contributed by atoms with Crippen LogP contribution in [0.25, 0.3) is 0 Å². The van der Waals surface area contributed by atoms with E-state index in [1.807, 2.05) is 35.2 Å². The lowest BCUT2D eigenvalue weighted by molar-refractivity contribution is -0.378. The van der Waals surface area contributed by atoms with Crippen molar-refractivity contribution in [2.24, 2.45) is 0 Å². The predicted molar refractivity (Wildman–Crippen MR) is 114 cm³/mol. The van der Waals surface area contributed by atoms with Gasteiger partial charge in [0.25, 0.3) is 11.7 Å². The van der Waals surface area contributed by atoms with E-state index in [0.29, 0.717) is 32.8 Å². The fourth-order valence-corrected chi connectivity index (χ4v) is 4.43. The Hall–Kier alpha value is -2.91. The lowest BCUT2D eigenvalue weighted by Crippen LogP contribution is -2.51. The minimum atomic E-state index is -0.275. The number of hydrogen-bond donors (Lipinski definition) is 0. The van der Waals surface area contributed by atoms with Crippen LogP contribution >= 0.6 is 0 Å². The summed E-state index contributed by atoms with van der Waals surface area (Å²) < 4.78 is 6.01. The highest BCUT2D eigenvalue weighted by atomic mass is 16.5. The highest BCUT2D eigenvalue weighted by Crippen LogP contribution is 2.34. The Morgan fingerprint density at radius 3 is 2.50 bits per heavy atom. The van der Waals surface area contributed by atoms with Gasteiger partial charge >= 0.3 is 0 Å². The van der Waals surface area contributed by atoms with Gasteiger partial charge in [0.15, 0.2) is 0 Å². The summed E-state index contributed by atoms with van der Waals surface area (Å²) in [5.74, 6) is 0.955. The first-order valence-electron chi connectivity index (χ1n) is 10.7. The molecule has 0 aliphatic carbocycles. The van der Waals surface area contributed by atoms with Crippen molar-refractivity contribution in [1.29, 1.82) is 5.26 Å². The maximum Gasteiger partial charge on any atom is 0.293 e. The molecule has 3 heterocycles. The minimum absolute atomic E-state index is 0.0679. The number of carbonyl (C=O) groups is 1. The lowest BCUT2D eigenvalue weighted by Gasteiger charge is -2.35. The van der Waals surface area contributed by atoms with Crippen molar-refractivity contribution in [2.45, 2.75) is 45.8 Å². The SMILES string of the molecule is CCc1[nH+]c(N2CCN(C(=O)c3ccccc3)CC2)c(C#N)c2c1COC(C)(C)C2. The normalized spacial score (nSPS) is 17.9. The molecule has 156 valence electrons. The van der Waals surface area contributed by atoms with Gasteiger partial charge in [-0.15, -0.1) is 0 Å². The number of carbonyl (C=O) groups excluding carboxylic acids is 1. The van der Waals surface area contributed by atoms with Crippen molar-refractivity contribution < 1.29 is 14.5 Å². The van der Waals surface area contributed by atoms with Crippen molar-refractivity contribution in [3.63, 3.8) is 0 Å². The van der Waals surface area contributed by atoms with Gasteiger partial charge in [-0.3, -0.25) is 9.69 Å². The summed E-state index contributed by atoms with van der Waals surface area (Å²) in [5.41, 5.74) is 4.55. The van der Waals surface area contributed by atoms with Crippen molar-refractivity contribution in [3.05, 3.63) is 58.3 Å². The van der Waals surface area contributed by atoms with Gasteiger partial charge in [-0.25, -0.2) is 4.98 Å². The van der Waals surface area contributed by atoms with Crippen LogP contribution in [0.15, 0.2) is 30.3 Å². The molecular weight excluding hydrogens is 376 g/mol. The molecule has 1 aromatic carbocycles. The first-order valence-corrected chi connectivity index (χ1v) is 10.7. The van der Waals surface area contributed by atoms with Crippen LogP contribution in [0.1, 0.15) is 53.5 Å². The smallest absolute Gasteiger partial charge is 0.293 e. The van der Waals surface area contributed by atoms with Gasteiger partial charge < -0.3 is 9.64 Å². The van der Waals surface area contributed by atoms with E-state index in [0.717, 1.165) is 46.6 Å². The van der Waals surface area contributed by atoms with Crippen LogP contribution in [-0.2, 0) is 24.2 Å². The third-order valence-electron chi connectivity index (χ3n) is 6.12. The second kappa shape index (κ2) is 8.08. The zero-order chi connectivity index (χ0) is 21.3. The van der Waals surface area contributed by atoms with E-state index in [-0.39, 0.29) is 11.5 Å². The molecule has 30 heavy (non-hydrogen) atoms. The molecule has 1 saturated heterocycles. The maximum absolute atomic E-state index is 12.8. The largest absolute Gasteiger partial charge is 0.370 e. The predicted octanol–water partition coefficient (Wildman–Crippen LogP) is 2.75. The Bertz CT molecular complexity index is 987. The van der Waals surface area contributed by atoms with Crippen LogP contribution in [0.2, 0.25) is 0 Å². The van der Waals surface area contributed by atoms with Gasteiger partial charge in [0, 0.05) is 24.0 Å². The van der Waals surface area contributed by atoms with Crippen molar-refractivity contribution >= 4 is 11.7 Å². The number of ether oxygens (including phenoxy) is 1. The first kappa shape index (κ1) is 20.4. The van der Waals surface area contributed by atoms with Gasteiger partial charge in [0.1, 0.15) is 30.4 Å². The maximum atomic E-state index is 12.8. The van der Waals surface area contributed by atoms with Crippen molar-refractivity contribution in [3.8, 4) is 6.07 Å². The van der Waals surface area contributed by atoms with Crippen molar-refractivity contribution in [1.82, 2.24) is 4.90 Å². The standard InChI is InChI=1S/C24H28N4O2/c1-4-21-20-16-30-24(2,3)14-18(20)19(15-25)22(26-21)27-10-12-28(13-11-27)23(29)17-8-6-5-7-9-17/h5-9H,4,10-14,16H2,1-3H3/p+1. The fraction of sp³-hybridized carbons (Fsp3) is 0.458. The highest BCUT2D eigenvalue weighted by molar-refractivity contribution is 5.94. The van der Waals surface area contributed by atoms with Crippen LogP contribution in [0.3, 0.4) is 0 Å². The zero-order valence-electron chi connectivity index (χ0n) is 18.0. The number of aromatic nitrogens is 1. The van der Waals surface area contributed by atoms with Gasteiger partial charge in [-0.2, -0.15) is 5.26 Å².